The number of hydrogen-bond acceptors (Lipinski definition) is 1. The molecule has 20 heavy (non-hydrogen) atoms. The highest BCUT2D eigenvalue weighted by Crippen LogP contribution is 2.27. The third-order valence-corrected chi connectivity index (χ3v) is 3.39. The van der Waals surface area contributed by atoms with E-state index in [0.29, 0.717) is 5.56 Å². The van der Waals surface area contributed by atoms with Crippen LogP contribution in [0.15, 0.2) is 42.5 Å². The van der Waals surface area contributed by atoms with Gasteiger partial charge in [-0.1, -0.05) is 41.9 Å². The number of halogens is 4. The third kappa shape index (κ3) is 3.32. The minimum atomic E-state index is -2.55. The lowest BCUT2D eigenvalue weighted by Gasteiger charge is -2.13. The second-order valence-corrected chi connectivity index (χ2v) is 4.79. The fourth-order valence-corrected chi connectivity index (χ4v) is 2.14. The molecule has 1 unspecified atom stereocenters. The van der Waals surface area contributed by atoms with Gasteiger partial charge in [-0.3, -0.25) is 0 Å². The summed E-state index contributed by atoms with van der Waals surface area (Å²) in [7, 11) is 0. The molecule has 0 aromatic heterocycles. The van der Waals surface area contributed by atoms with Crippen molar-refractivity contribution in [3.63, 3.8) is 0 Å². The molecule has 0 saturated heterocycles. The quantitative estimate of drug-likeness (QED) is 0.868. The second-order valence-electron chi connectivity index (χ2n) is 4.39. The molecule has 0 bridgehead atoms. The molecule has 1 nitrogen and oxygen atoms in total. The van der Waals surface area contributed by atoms with Crippen molar-refractivity contribution in [1.82, 2.24) is 0 Å². The summed E-state index contributed by atoms with van der Waals surface area (Å²) in [4.78, 5) is 0. The summed E-state index contributed by atoms with van der Waals surface area (Å²) in [5, 5.41) is 10.3. The first-order chi connectivity index (χ1) is 9.49. The van der Waals surface area contributed by atoms with Gasteiger partial charge in [0, 0.05) is 22.6 Å². The smallest absolute Gasteiger partial charge is 0.263 e. The SMILES string of the molecule is OC(Cc1c(F)cccc1Cl)c1ccc(C(F)F)cc1. The van der Waals surface area contributed by atoms with Gasteiger partial charge in [-0.2, -0.15) is 0 Å². The Balaban J connectivity index is 2.17. The van der Waals surface area contributed by atoms with Crippen molar-refractivity contribution in [2.24, 2.45) is 0 Å². The lowest BCUT2D eigenvalue weighted by atomic mass is 10.00. The maximum atomic E-state index is 13.6. The van der Waals surface area contributed by atoms with Gasteiger partial charge in [-0.25, -0.2) is 13.2 Å². The topological polar surface area (TPSA) is 20.2 Å². The van der Waals surface area contributed by atoms with E-state index < -0.39 is 18.3 Å². The lowest BCUT2D eigenvalue weighted by Crippen LogP contribution is -2.04. The fraction of sp³-hybridized carbons (Fsp3) is 0.200. The molecule has 2 aromatic rings. The van der Waals surface area contributed by atoms with Crippen LogP contribution in [0.2, 0.25) is 5.02 Å². The first kappa shape index (κ1) is 14.9. The van der Waals surface area contributed by atoms with Crippen LogP contribution in [0.25, 0.3) is 0 Å². The average molecular weight is 301 g/mol. The predicted molar refractivity (Wildman–Crippen MR) is 71.5 cm³/mol. The number of rotatable bonds is 4. The maximum Gasteiger partial charge on any atom is 0.263 e. The van der Waals surface area contributed by atoms with Crippen molar-refractivity contribution < 1.29 is 18.3 Å². The maximum absolute atomic E-state index is 13.6. The van der Waals surface area contributed by atoms with E-state index in [1.165, 1.54) is 42.5 Å². The molecule has 2 rings (SSSR count). The minimum Gasteiger partial charge on any atom is -0.388 e. The standard InChI is InChI=1S/C15H12ClF3O/c16-12-2-1-3-13(17)11(12)8-14(20)9-4-6-10(7-5-9)15(18)19/h1-7,14-15,20H,8H2. The Hall–Kier alpha value is -1.52. The number of benzene rings is 2. The summed E-state index contributed by atoms with van der Waals surface area (Å²) in [6.45, 7) is 0. The van der Waals surface area contributed by atoms with E-state index >= 15 is 0 Å². The zero-order chi connectivity index (χ0) is 14.7. The van der Waals surface area contributed by atoms with Crippen LogP contribution >= 0.6 is 11.6 Å². The number of alkyl halides is 2. The molecule has 0 saturated carbocycles. The Morgan fingerprint density at radius 1 is 1.00 bits per heavy atom. The number of aliphatic hydroxyl groups excluding tert-OH is 1. The molecule has 0 aliphatic carbocycles. The van der Waals surface area contributed by atoms with Crippen LogP contribution in [0.4, 0.5) is 13.2 Å². The van der Waals surface area contributed by atoms with Gasteiger partial charge < -0.3 is 5.11 Å². The molecule has 5 heteroatoms. The van der Waals surface area contributed by atoms with Crippen molar-refractivity contribution in [3.8, 4) is 0 Å². The van der Waals surface area contributed by atoms with Crippen molar-refractivity contribution >= 4 is 11.6 Å². The average Bonchev–Trinajstić information content (AvgIpc) is 2.43. The van der Waals surface area contributed by atoms with Gasteiger partial charge in [-0.15, -0.1) is 0 Å². The molecule has 0 heterocycles. The van der Waals surface area contributed by atoms with Gasteiger partial charge in [0.1, 0.15) is 5.82 Å². The third-order valence-electron chi connectivity index (χ3n) is 3.03. The summed E-state index contributed by atoms with van der Waals surface area (Å²) < 4.78 is 38.4. The molecule has 0 fully saturated rings. The van der Waals surface area contributed by atoms with Gasteiger partial charge in [0.2, 0.25) is 0 Å². The van der Waals surface area contributed by atoms with Crippen LogP contribution < -0.4 is 0 Å². The van der Waals surface area contributed by atoms with Gasteiger partial charge in [0.25, 0.3) is 6.43 Å². The molecule has 106 valence electrons. The van der Waals surface area contributed by atoms with Crippen LogP contribution in [0, 0.1) is 5.82 Å². The highest BCUT2D eigenvalue weighted by atomic mass is 35.5. The van der Waals surface area contributed by atoms with Gasteiger partial charge >= 0.3 is 0 Å². The van der Waals surface area contributed by atoms with E-state index in [1.54, 1.807) is 0 Å². The first-order valence-electron chi connectivity index (χ1n) is 5.98. The second kappa shape index (κ2) is 6.29. The molecular weight excluding hydrogens is 289 g/mol. The van der Waals surface area contributed by atoms with Crippen LogP contribution in [-0.4, -0.2) is 5.11 Å². The summed E-state index contributed by atoms with van der Waals surface area (Å²) in [5.74, 6) is -0.499. The summed E-state index contributed by atoms with van der Waals surface area (Å²) in [6, 6.07) is 9.56. The zero-order valence-corrected chi connectivity index (χ0v) is 11.1. The van der Waals surface area contributed by atoms with E-state index in [9.17, 15) is 18.3 Å². The summed E-state index contributed by atoms with van der Waals surface area (Å²) in [6.07, 6.45) is -3.57. The van der Waals surface area contributed by atoms with E-state index in [-0.39, 0.29) is 22.6 Å². The lowest BCUT2D eigenvalue weighted by molar-refractivity contribution is 0.151. The van der Waals surface area contributed by atoms with Crippen LogP contribution in [0.3, 0.4) is 0 Å². The van der Waals surface area contributed by atoms with Gasteiger partial charge in [0.05, 0.1) is 6.10 Å². The van der Waals surface area contributed by atoms with Gasteiger partial charge in [-0.05, 0) is 17.7 Å². The molecular formula is C15H12ClF3O. The highest BCUT2D eigenvalue weighted by molar-refractivity contribution is 6.31. The highest BCUT2D eigenvalue weighted by Gasteiger charge is 2.15. The van der Waals surface area contributed by atoms with Crippen LogP contribution in [0.1, 0.15) is 29.2 Å². The first-order valence-corrected chi connectivity index (χ1v) is 6.36. The van der Waals surface area contributed by atoms with E-state index in [0.717, 1.165) is 0 Å². The molecule has 2 aromatic carbocycles. The van der Waals surface area contributed by atoms with Crippen molar-refractivity contribution in [1.29, 1.82) is 0 Å². The van der Waals surface area contributed by atoms with Crippen molar-refractivity contribution in [2.75, 3.05) is 0 Å². The van der Waals surface area contributed by atoms with Gasteiger partial charge in [0.15, 0.2) is 0 Å². The van der Waals surface area contributed by atoms with Crippen LogP contribution in [-0.2, 0) is 6.42 Å². The molecule has 1 atom stereocenters. The summed E-state index contributed by atoms with van der Waals surface area (Å²) >= 11 is 5.88. The Labute approximate surface area is 119 Å². The van der Waals surface area contributed by atoms with Crippen molar-refractivity contribution in [2.45, 2.75) is 19.0 Å². The van der Waals surface area contributed by atoms with Crippen LogP contribution in [0.5, 0.6) is 0 Å². The van der Waals surface area contributed by atoms with Crippen molar-refractivity contribution in [3.05, 3.63) is 70.0 Å². The Bertz CT molecular complexity index is 564. The van der Waals surface area contributed by atoms with E-state index in [2.05, 4.69) is 0 Å². The number of aliphatic hydroxyl groups is 1. The fourth-order valence-electron chi connectivity index (χ4n) is 1.90. The largest absolute Gasteiger partial charge is 0.388 e. The zero-order valence-electron chi connectivity index (χ0n) is 10.4. The monoisotopic (exact) mass is 300 g/mol. The predicted octanol–water partition coefficient (Wildman–Crippen LogP) is 4.69. The molecule has 0 aliphatic rings. The molecule has 0 spiro atoms. The van der Waals surface area contributed by atoms with E-state index in [1.807, 2.05) is 0 Å². The molecule has 1 N–H and O–H groups in total. The Morgan fingerprint density at radius 2 is 1.60 bits per heavy atom. The Kier molecular flexibility index (Phi) is 4.68. The molecule has 0 aliphatic heterocycles. The Morgan fingerprint density at radius 3 is 2.15 bits per heavy atom. The molecule has 0 radical (unpaired) electrons. The summed E-state index contributed by atoms with van der Waals surface area (Å²) in [5.41, 5.74) is 0.526. The number of hydrogen-bond donors (Lipinski definition) is 1. The minimum absolute atomic E-state index is 0.0144. The molecule has 0 amide bonds. The normalized spacial score (nSPS) is 12.7. The van der Waals surface area contributed by atoms with E-state index in [4.69, 9.17) is 11.6 Å².